The molecule has 1 spiro atoms. The summed E-state index contributed by atoms with van der Waals surface area (Å²) >= 11 is 0. The van der Waals surface area contributed by atoms with Crippen LogP contribution in [0.1, 0.15) is 18.4 Å². The van der Waals surface area contributed by atoms with Crippen molar-refractivity contribution in [2.75, 3.05) is 13.2 Å². The van der Waals surface area contributed by atoms with Crippen LogP contribution in [0.2, 0.25) is 0 Å². The van der Waals surface area contributed by atoms with Crippen LogP contribution < -0.4 is 4.74 Å². The van der Waals surface area contributed by atoms with Gasteiger partial charge in [-0.3, -0.25) is 0 Å². The molecular weight excluding hydrogens is 176 g/mol. The SMILES string of the molecule is OC[C@H]1C[C@]12CCOc1ccccc12. The van der Waals surface area contributed by atoms with Crippen LogP contribution in [0.15, 0.2) is 24.3 Å². The summed E-state index contributed by atoms with van der Waals surface area (Å²) in [5.41, 5.74) is 1.56. The molecule has 2 atom stereocenters. The third-order valence-corrected chi connectivity index (χ3v) is 3.68. The quantitative estimate of drug-likeness (QED) is 0.730. The first-order valence-corrected chi connectivity index (χ1v) is 5.20. The van der Waals surface area contributed by atoms with Gasteiger partial charge in [-0.25, -0.2) is 0 Å². The molecule has 1 heterocycles. The second-order valence-corrected chi connectivity index (χ2v) is 4.33. The molecule has 3 rings (SSSR count). The fourth-order valence-electron chi connectivity index (χ4n) is 2.74. The van der Waals surface area contributed by atoms with E-state index in [1.165, 1.54) is 5.56 Å². The number of benzene rings is 1. The number of ether oxygens (including phenoxy) is 1. The molecule has 2 aliphatic rings. The van der Waals surface area contributed by atoms with Gasteiger partial charge < -0.3 is 9.84 Å². The Labute approximate surface area is 83.5 Å². The van der Waals surface area contributed by atoms with Crippen molar-refractivity contribution in [2.24, 2.45) is 5.92 Å². The molecule has 1 aliphatic heterocycles. The number of rotatable bonds is 1. The predicted molar refractivity (Wildman–Crippen MR) is 53.4 cm³/mol. The van der Waals surface area contributed by atoms with Crippen LogP contribution in [0.3, 0.4) is 0 Å². The highest BCUT2D eigenvalue weighted by atomic mass is 16.5. The Morgan fingerprint density at radius 3 is 3.07 bits per heavy atom. The number of hydrogen-bond acceptors (Lipinski definition) is 2. The fourth-order valence-corrected chi connectivity index (χ4v) is 2.74. The first kappa shape index (κ1) is 8.30. The molecule has 1 aromatic carbocycles. The van der Waals surface area contributed by atoms with Crippen LogP contribution in [0.25, 0.3) is 0 Å². The number of para-hydroxylation sites is 1. The van der Waals surface area contributed by atoms with Crippen molar-refractivity contribution in [3.05, 3.63) is 29.8 Å². The maximum atomic E-state index is 9.21. The van der Waals surface area contributed by atoms with Crippen molar-refractivity contribution in [3.8, 4) is 5.75 Å². The molecule has 0 aromatic heterocycles. The molecule has 0 saturated heterocycles. The molecule has 0 radical (unpaired) electrons. The topological polar surface area (TPSA) is 29.5 Å². The average molecular weight is 190 g/mol. The van der Waals surface area contributed by atoms with Crippen molar-refractivity contribution in [2.45, 2.75) is 18.3 Å². The smallest absolute Gasteiger partial charge is 0.123 e. The van der Waals surface area contributed by atoms with E-state index in [4.69, 9.17) is 4.74 Å². The van der Waals surface area contributed by atoms with E-state index in [2.05, 4.69) is 12.1 Å². The zero-order valence-electron chi connectivity index (χ0n) is 8.07. The van der Waals surface area contributed by atoms with Gasteiger partial charge in [0.15, 0.2) is 0 Å². The maximum Gasteiger partial charge on any atom is 0.123 e. The Bertz CT molecular complexity index is 361. The van der Waals surface area contributed by atoms with Gasteiger partial charge >= 0.3 is 0 Å². The van der Waals surface area contributed by atoms with E-state index in [9.17, 15) is 5.11 Å². The van der Waals surface area contributed by atoms with Gasteiger partial charge in [0.05, 0.1) is 6.61 Å². The molecule has 0 unspecified atom stereocenters. The lowest BCUT2D eigenvalue weighted by molar-refractivity contribution is 0.224. The lowest BCUT2D eigenvalue weighted by Crippen LogP contribution is -2.22. The first-order valence-electron chi connectivity index (χ1n) is 5.20. The van der Waals surface area contributed by atoms with Crippen molar-refractivity contribution in [1.29, 1.82) is 0 Å². The molecule has 1 fully saturated rings. The summed E-state index contributed by atoms with van der Waals surface area (Å²) in [5.74, 6) is 1.49. The molecule has 1 aromatic rings. The summed E-state index contributed by atoms with van der Waals surface area (Å²) < 4.78 is 5.61. The van der Waals surface area contributed by atoms with Crippen LogP contribution in [-0.2, 0) is 5.41 Å². The molecule has 2 nitrogen and oxygen atoms in total. The Hall–Kier alpha value is -1.02. The summed E-state index contributed by atoms with van der Waals surface area (Å²) in [6, 6.07) is 8.24. The van der Waals surface area contributed by atoms with E-state index >= 15 is 0 Å². The Morgan fingerprint density at radius 2 is 2.29 bits per heavy atom. The number of hydrogen-bond donors (Lipinski definition) is 1. The molecule has 2 heteroatoms. The van der Waals surface area contributed by atoms with Crippen LogP contribution in [0, 0.1) is 5.92 Å². The summed E-state index contributed by atoms with van der Waals surface area (Å²) in [4.78, 5) is 0. The zero-order chi connectivity index (χ0) is 9.60. The monoisotopic (exact) mass is 190 g/mol. The van der Waals surface area contributed by atoms with Gasteiger partial charge in [-0.05, 0) is 24.8 Å². The van der Waals surface area contributed by atoms with Crippen LogP contribution in [0.4, 0.5) is 0 Å². The van der Waals surface area contributed by atoms with Crippen LogP contribution in [0.5, 0.6) is 5.75 Å². The van der Waals surface area contributed by atoms with Gasteiger partial charge in [-0.1, -0.05) is 18.2 Å². The van der Waals surface area contributed by atoms with Gasteiger partial charge in [0.1, 0.15) is 5.75 Å². The van der Waals surface area contributed by atoms with E-state index in [1.54, 1.807) is 0 Å². The molecular formula is C12H14O2. The lowest BCUT2D eigenvalue weighted by Gasteiger charge is -2.26. The van der Waals surface area contributed by atoms with Crippen molar-refractivity contribution >= 4 is 0 Å². The molecule has 1 aliphatic carbocycles. The van der Waals surface area contributed by atoms with Gasteiger partial charge in [0.25, 0.3) is 0 Å². The van der Waals surface area contributed by atoms with Gasteiger partial charge in [0.2, 0.25) is 0 Å². The number of fused-ring (bicyclic) bond motifs is 2. The minimum atomic E-state index is 0.254. The summed E-state index contributed by atoms with van der Waals surface area (Å²) in [5, 5.41) is 9.21. The highest BCUT2D eigenvalue weighted by Gasteiger charge is 2.56. The number of aliphatic hydroxyl groups excluding tert-OH is 1. The minimum absolute atomic E-state index is 0.254. The summed E-state index contributed by atoms with van der Waals surface area (Å²) in [7, 11) is 0. The third-order valence-electron chi connectivity index (χ3n) is 3.68. The van der Waals surface area contributed by atoms with Crippen molar-refractivity contribution < 1.29 is 9.84 Å². The van der Waals surface area contributed by atoms with Crippen molar-refractivity contribution in [3.63, 3.8) is 0 Å². The zero-order valence-corrected chi connectivity index (χ0v) is 8.07. The third kappa shape index (κ3) is 0.947. The van der Waals surface area contributed by atoms with Gasteiger partial charge in [-0.15, -0.1) is 0 Å². The summed E-state index contributed by atoms with van der Waals surface area (Å²) in [6.07, 6.45) is 2.19. The van der Waals surface area contributed by atoms with E-state index in [0.29, 0.717) is 12.5 Å². The van der Waals surface area contributed by atoms with Gasteiger partial charge in [0, 0.05) is 17.6 Å². The number of aliphatic hydroxyl groups is 1. The van der Waals surface area contributed by atoms with Gasteiger partial charge in [-0.2, -0.15) is 0 Å². The molecule has 0 bridgehead atoms. The maximum absolute atomic E-state index is 9.21. The molecule has 14 heavy (non-hydrogen) atoms. The van der Waals surface area contributed by atoms with E-state index in [0.717, 1.165) is 25.2 Å². The van der Waals surface area contributed by atoms with Crippen LogP contribution >= 0.6 is 0 Å². The molecule has 1 N–H and O–H groups in total. The summed E-state index contributed by atoms with van der Waals surface area (Å²) in [6.45, 7) is 1.11. The average Bonchev–Trinajstić information content (AvgIpc) is 2.94. The second-order valence-electron chi connectivity index (χ2n) is 4.33. The standard InChI is InChI=1S/C12H14O2/c13-8-9-7-12(9)5-6-14-11-4-2-1-3-10(11)12/h1-4,9,13H,5-8H2/t9-,12-/m1/s1. The Balaban J connectivity index is 2.05. The molecule has 0 amide bonds. The second kappa shape index (κ2) is 2.74. The lowest BCUT2D eigenvalue weighted by atomic mass is 9.88. The normalized spacial score (nSPS) is 33.6. The van der Waals surface area contributed by atoms with Crippen molar-refractivity contribution in [1.82, 2.24) is 0 Å². The highest BCUT2D eigenvalue weighted by molar-refractivity contribution is 5.46. The minimum Gasteiger partial charge on any atom is -0.493 e. The molecule has 74 valence electrons. The highest BCUT2D eigenvalue weighted by Crippen LogP contribution is 2.60. The predicted octanol–water partition coefficient (Wildman–Crippen LogP) is 1.72. The first-order chi connectivity index (χ1) is 6.87. The van der Waals surface area contributed by atoms with E-state index in [1.807, 2.05) is 12.1 Å². The van der Waals surface area contributed by atoms with Crippen LogP contribution in [-0.4, -0.2) is 18.3 Å². The van der Waals surface area contributed by atoms with E-state index in [-0.39, 0.29) is 5.41 Å². The Kier molecular flexibility index (Phi) is 1.62. The van der Waals surface area contributed by atoms with E-state index < -0.39 is 0 Å². The Morgan fingerprint density at radius 1 is 1.43 bits per heavy atom. The molecule has 1 saturated carbocycles. The largest absolute Gasteiger partial charge is 0.493 e. The fraction of sp³-hybridized carbons (Fsp3) is 0.500.